The number of hydrogen-bond donors (Lipinski definition) is 1. The number of imidazole rings is 1. The van der Waals surface area contributed by atoms with Crippen molar-refractivity contribution < 1.29 is 14.2 Å². The molecule has 8 heteroatoms. The van der Waals surface area contributed by atoms with Crippen LogP contribution in [0.25, 0.3) is 16.6 Å². The highest BCUT2D eigenvalue weighted by Crippen LogP contribution is 2.26. The fourth-order valence-corrected chi connectivity index (χ4v) is 3.65. The highest BCUT2D eigenvalue weighted by atomic mass is 16.5. The zero-order valence-corrected chi connectivity index (χ0v) is 19.9. The molecule has 0 spiro atoms. The SMILES string of the molecule is C/C=C(Oc1ccn2ccnc2c1)\C(C)=C/C(C)Nc1ncnc2ccc(OCCOC)cc12. The Hall–Kier alpha value is -3.91. The third kappa shape index (κ3) is 5.52. The largest absolute Gasteiger partial charge is 0.491 e. The molecule has 0 amide bonds. The predicted molar refractivity (Wildman–Crippen MR) is 133 cm³/mol. The Labute approximate surface area is 198 Å². The van der Waals surface area contributed by atoms with Gasteiger partial charge in [0.2, 0.25) is 0 Å². The van der Waals surface area contributed by atoms with Crippen molar-refractivity contribution in [2.24, 2.45) is 0 Å². The first-order valence-corrected chi connectivity index (χ1v) is 11.2. The van der Waals surface area contributed by atoms with Crippen LogP contribution in [0, 0.1) is 0 Å². The number of hydrogen-bond acceptors (Lipinski definition) is 7. The molecular formula is C26H29N5O3. The van der Waals surface area contributed by atoms with E-state index in [0.717, 1.165) is 45.2 Å². The van der Waals surface area contributed by atoms with E-state index < -0.39 is 0 Å². The van der Waals surface area contributed by atoms with Crippen molar-refractivity contribution in [3.63, 3.8) is 0 Å². The number of pyridine rings is 1. The summed E-state index contributed by atoms with van der Waals surface area (Å²) in [5.74, 6) is 3.01. The minimum absolute atomic E-state index is 0.00973. The van der Waals surface area contributed by atoms with Crippen LogP contribution >= 0.6 is 0 Å². The summed E-state index contributed by atoms with van der Waals surface area (Å²) in [6.07, 6.45) is 11.2. The van der Waals surface area contributed by atoms with Crippen LogP contribution in [0.3, 0.4) is 0 Å². The van der Waals surface area contributed by atoms with Gasteiger partial charge in [0, 0.05) is 43.2 Å². The molecule has 1 N–H and O–H groups in total. The minimum Gasteiger partial charge on any atom is -0.491 e. The van der Waals surface area contributed by atoms with Gasteiger partial charge in [-0.1, -0.05) is 6.08 Å². The normalized spacial score (nSPS) is 13.3. The summed E-state index contributed by atoms with van der Waals surface area (Å²) in [5.41, 5.74) is 2.69. The average molecular weight is 460 g/mol. The molecule has 8 nitrogen and oxygen atoms in total. The summed E-state index contributed by atoms with van der Waals surface area (Å²) < 4.78 is 18.9. The Morgan fingerprint density at radius 2 is 1.97 bits per heavy atom. The third-order valence-electron chi connectivity index (χ3n) is 5.28. The van der Waals surface area contributed by atoms with Crippen molar-refractivity contribution in [2.45, 2.75) is 26.8 Å². The zero-order chi connectivity index (χ0) is 23.9. The smallest absolute Gasteiger partial charge is 0.140 e. The van der Waals surface area contributed by atoms with Crippen molar-refractivity contribution in [2.75, 3.05) is 25.6 Å². The summed E-state index contributed by atoms with van der Waals surface area (Å²) in [4.78, 5) is 13.1. The Morgan fingerprint density at radius 3 is 2.79 bits per heavy atom. The lowest BCUT2D eigenvalue weighted by Crippen LogP contribution is -2.15. The highest BCUT2D eigenvalue weighted by molar-refractivity contribution is 5.90. The van der Waals surface area contributed by atoms with E-state index in [1.165, 1.54) is 0 Å². The van der Waals surface area contributed by atoms with Crippen LogP contribution in [0.4, 0.5) is 5.82 Å². The maximum absolute atomic E-state index is 6.15. The highest BCUT2D eigenvalue weighted by Gasteiger charge is 2.10. The van der Waals surface area contributed by atoms with Crippen LogP contribution in [0.15, 0.2) is 78.7 Å². The lowest BCUT2D eigenvalue weighted by Gasteiger charge is -2.16. The number of anilines is 1. The molecule has 0 radical (unpaired) electrons. The molecule has 0 aliphatic heterocycles. The van der Waals surface area contributed by atoms with E-state index in [4.69, 9.17) is 14.2 Å². The quantitative estimate of drug-likeness (QED) is 0.202. The number of methoxy groups -OCH3 is 1. The van der Waals surface area contributed by atoms with E-state index in [1.54, 1.807) is 19.6 Å². The van der Waals surface area contributed by atoms with Gasteiger partial charge in [0.15, 0.2) is 0 Å². The third-order valence-corrected chi connectivity index (χ3v) is 5.28. The Balaban J connectivity index is 1.48. The second-order valence-electron chi connectivity index (χ2n) is 7.84. The minimum atomic E-state index is -0.00973. The number of nitrogens with one attached hydrogen (secondary N) is 1. The molecule has 1 atom stereocenters. The monoisotopic (exact) mass is 459 g/mol. The number of nitrogens with zero attached hydrogens (tertiary/aromatic N) is 4. The van der Waals surface area contributed by atoms with Crippen molar-refractivity contribution in [3.05, 3.63) is 78.7 Å². The summed E-state index contributed by atoms with van der Waals surface area (Å²) in [6.45, 7) is 7.07. The zero-order valence-electron chi connectivity index (χ0n) is 19.9. The van der Waals surface area contributed by atoms with Gasteiger partial charge in [-0.2, -0.15) is 0 Å². The molecule has 0 saturated carbocycles. The molecule has 1 aromatic carbocycles. The van der Waals surface area contributed by atoms with Crippen LogP contribution in [-0.4, -0.2) is 45.7 Å². The van der Waals surface area contributed by atoms with Crippen LogP contribution in [-0.2, 0) is 4.74 Å². The molecule has 34 heavy (non-hydrogen) atoms. The van der Waals surface area contributed by atoms with E-state index in [-0.39, 0.29) is 6.04 Å². The number of benzene rings is 1. The Morgan fingerprint density at radius 1 is 1.09 bits per heavy atom. The lowest BCUT2D eigenvalue weighted by atomic mass is 10.1. The van der Waals surface area contributed by atoms with Gasteiger partial charge < -0.3 is 23.9 Å². The lowest BCUT2D eigenvalue weighted by molar-refractivity contribution is 0.146. The number of allylic oxidation sites excluding steroid dienone is 2. The molecule has 0 aliphatic rings. The molecule has 3 heterocycles. The topological polar surface area (TPSA) is 82.8 Å². The van der Waals surface area contributed by atoms with Gasteiger partial charge in [0.1, 0.15) is 41.7 Å². The number of aromatic nitrogens is 4. The van der Waals surface area contributed by atoms with Crippen LogP contribution in [0.5, 0.6) is 11.5 Å². The van der Waals surface area contributed by atoms with Gasteiger partial charge in [-0.05, 0) is 56.7 Å². The van der Waals surface area contributed by atoms with Crippen molar-refractivity contribution in [1.82, 2.24) is 19.4 Å². The van der Waals surface area contributed by atoms with Gasteiger partial charge in [0.25, 0.3) is 0 Å². The van der Waals surface area contributed by atoms with Gasteiger partial charge in [-0.25, -0.2) is 15.0 Å². The molecule has 0 aliphatic carbocycles. The molecule has 4 aromatic rings. The van der Waals surface area contributed by atoms with Crippen molar-refractivity contribution >= 4 is 22.4 Å². The van der Waals surface area contributed by atoms with Crippen molar-refractivity contribution in [3.8, 4) is 11.5 Å². The number of rotatable bonds is 10. The van der Waals surface area contributed by atoms with Gasteiger partial charge in [-0.15, -0.1) is 0 Å². The molecule has 4 rings (SSSR count). The first-order chi connectivity index (χ1) is 16.6. The fraction of sp³-hybridized carbons (Fsp3) is 0.269. The van der Waals surface area contributed by atoms with E-state index in [2.05, 4.69) is 33.3 Å². The number of fused-ring (bicyclic) bond motifs is 2. The molecular weight excluding hydrogens is 430 g/mol. The molecule has 0 fully saturated rings. The standard InChI is InChI=1S/C26H29N5O3/c1-5-24(34-21-8-10-31-11-9-27-25(31)16-21)18(2)14-19(3)30-26-22-15-20(33-13-12-32-4)6-7-23(22)28-17-29-26/h5-11,14-17,19H,12-13H2,1-4H3,(H,28,29,30)/b18-14-,24-5+. The summed E-state index contributed by atoms with van der Waals surface area (Å²) in [6, 6.07) is 9.61. The number of ether oxygens (including phenoxy) is 3. The van der Waals surface area contributed by atoms with Crippen LogP contribution in [0.1, 0.15) is 20.8 Å². The maximum Gasteiger partial charge on any atom is 0.140 e. The van der Waals surface area contributed by atoms with Gasteiger partial charge in [-0.3, -0.25) is 0 Å². The maximum atomic E-state index is 6.15. The van der Waals surface area contributed by atoms with Crippen LogP contribution in [0.2, 0.25) is 0 Å². The van der Waals surface area contributed by atoms with E-state index >= 15 is 0 Å². The first-order valence-electron chi connectivity index (χ1n) is 11.2. The van der Waals surface area contributed by atoms with E-state index in [9.17, 15) is 0 Å². The fourth-order valence-electron chi connectivity index (χ4n) is 3.65. The van der Waals surface area contributed by atoms with Gasteiger partial charge in [0.05, 0.1) is 12.1 Å². The summed E-state index contributed by atoms with van der Waals surface area (Å²) >= 11 is 0. The predicted octanol–water partition coefficient (Wildman–Crippen LogP) is 5.03. The summed E-state index contributed by atoms with van der Waals surface area (Å²) in [5, 5.41) is 4.36. The van der Waals surface area contributed by atoms with E-state index in [1.807, 2.05) is 67.0 Å². The molecule has 1 unspecified atom stereocenters. The van der Waals surface area contributed by atoms with Crippen molar-refractivity contribution in [1.29, 1.82) is 0 Å². The molecule has 0 bridgehead atoms. The van der Waals surface area contributed by atoms with Gasteiger partial charge >= 0.3 is 0 Å². The molecule has 3 aromatic heterocycles. The average Bonchev–Trinajstić information content (AvgIpc) is 3.31. The second kappa shape index (κ2) is 10.8. The Kier molecular flexibility index (Phi) is 7.39. The Bertz CT molecular complexity index is 1330. The van der Waals surface area contributed by atoms with E-state index in [0.29, 0.717) is 13.2 Å². The first kappa shape index (κ1) is 23.3. The van der Waals surface area contributed by atoms with Crippen LogP contribution < -0.4 is 14.8 Å². The summed E-state index contributed by atoms with van der Waals surface area (Å²) in [7, 11) is 1.65. The second-order valence-corrected chi connectivity index (χ2v) is 7.84. The molecule has 176 valence electrons. The molecule has 0 saturated heterocycles.